The van der Waals surface area contributed by atoms with Crippen LogP contribution in [-0.2, 0) is 15.8 Å². The number of carboxylic acid groups (broad SMARTS) is 1. The van der Waals surface area contributed by atoms with Crippen LogP contribution in [0, 0.1) is 0 Å². The predicted molar refractivity (Wildman–Crippen MR) is 77.2 cm³/mol. The fourth-order valence-electron chi connectivity index (χ4n) is 1.59. The van der Waals surface area contributed by atoms with Crippen molar-refractivity contribution in [3.63, 3.8) is 0 Å². The van der Waals surface area contributed by atoms with E-state index >= 15 is 0 Å². The highest BCUT2D eigenvalue weighted by molar-refractivity contribution is 7.88. The molecule has 0 atom stereocenters. The first kappa shape index (κ1) is 16.6. The van der Waals surface area contributed by atoms with Gasteiger partial charge in [0.25, 0.3) is 0 Å². The molecule has 0 fully saturated rings. The number of rotatable bonds is 7. The fraction of sp³-hybridized carbons (Fsp3) is 0.462. The van der Waals surface area contributed by atoms with Crippen molar-refractivity contribution in [1.29, 1.82) is 0 Å². The highest BCUT2D eigenvalue weighted by Crippen LogP contribution is 2.12. The van der Waals surface area contributed by atoms with Crippen molar-refractivity contribution in [1.82, 2.24) is 9.21 Å². The number of aromatic carboxylic acids is 1. The van der Waals surface area contributed by atoms with Gasteiger partial charge in [0.2, 0.25) is 10.0 Å². The molecule has 0 heterocycles. The Labute approximate surface area is 119 Å². The summed E-state index contributed by atoms with van der Waals surface area (Å²) in [6, 6.07) is 5.99. The van der Waals surface area contributed by atoms with Crippen molar-refractivity contribution < 1.29 is 18.3 Å². The van der Waals surface area contributed by atoms with E-state index in [0.717, 1.165) is 0 Å². The largest absolute Gasteiger partial charge is 0.478 e. The molecule has 0 bridgehead atoms. The minimum atomic E-state index is -3.44. The van der Waals surface area contributed by atoms with Crippen LogP contribution < -0.4 is 0 Å². The maximum absolute atomic E-state index is 12.2. The highest BCUT2D eigenvalue weighted by Gasteiger charge is 2.19. The van der Waals surface area contributed by atoms with Gasteiger partial charge in [0.05, 0.1) is 11.3 Å². The Hall–Kier alpha value is -1.44. The summed E-state index contributed by atoms with van der Waals surface area (Å²) in [6.45, 7) is 1.03. The Morgan fingerprint density at radius 1 is 1.20 bits per heavy atom. The number of sulfonamides is 1. The molecule has 6 nitrogen and oxygen atoms in total. The van der Waals surface area contributed by atoms with E-state index in [-0.39, 0.29) is 11.3 Å². The lowest BCUT2D eigenvalue weighted by molar-refractivity contribution is 0.0696. The van der Waals surface area contributed by atoms with Gasteiger partial charge >= 0.3 is 5.97 Å². The monoisotopic (exact) mass is 300 g/mol. The maximum atomic E-state index is 12.2. The molecular weight excluding hydrogens is 280 g/mol. The standard InChI is InChI=1S/C13H20N2O4S/c1-14(2)7-8-15(3)20(18,19)10-11-5-4-6-12(9-11)13(16)17/h4-6,9H,7-8,10H2,1-3H3,(H,16,17). The van der Waals surface area contributed by atoms with Crippen molar-refractivity contribution >= 4 is 16.0 Å². The van der Waals surface area contributed by atoms with Crippen molar-refractivity contribution in [3.05, 3.63) is 35.4 Å². The lowest BCUT2D eigenvalue weighted by atomic mass is 10.1. The van der Waals surface area contributed by atoms with Gasteiger partial charge in [-0.25, -0.2) is 17.5 Å². The van der Waals surface area contributed by atoms with Crippen LogP contribution in [0.5, 0.6) is 0 Å². The van der Waals surface area contributed by atoms with Crippen molar-refractivity contribution in [2.24, 2.45) is 0 Å². The molecule has 0 aliphatic carbocycles. The van der Waals surface area contributed by atoms with Crippen LogP contribution >= 0.6 is 0 Å². The first-order chi connectivity index (χ1) is 9.22. The molecule has 0 spiro atoms. The highest BCUT2D eigenvalue weighted by atomic mass is 32.2. The average molecular weight is 300 g/mol. The molecule has 0 aliphatic rings. The summed E-state index contributed by atoms with van der Waals surface area (Å²) in [5.41, 5.74) is 0.565. The van der Waals surface area contributed by atoms with Crippen LogP contribution in [0.3, 0.4) is 0 Å². The smallest absolute Gasteiger partial charge is 0.335 e. The number of likely N-dealkylation sites (N-methyl/N-ethyl adjacent to an activating group) is 2. The Bertz CT molecular complexity index is 569. The molecule has 0 saturated carbocycles. The van der Waals surface area contributed by atoms with Gasteiger partial charge in [-0.2, -0.15) is 0 Å². The molecular formula is C13H20N2O4S. The Morgan fingerprint density at radius 3 is 2.40 bits per heavy atom. The Kier molecular flexibility index (Phi) is 5.67. The third-order valence-corrected chi connectivity index (χ3v) is 4.69. The number of carboxylic acids is 1. The molecule has 0 aromatic heterocycles. The summed E-state index contributed by atoms with van der Waals surface area (Å²) in [4.78, 5) is 12.8. The van der Waals surface area contributed by atoms with Gasteiger partial charge in [-0.15, -0.1) is 0 Å². The van der Waals surface area contributed by atoms with E-state index in [0.29, 0.717) is 18.7 Å². The van der Waals surface area contributed by atoms with Crippen LogP contribution in [0.2, 0.25) is 0 Å². The van der Waals surface area contributed by atoms with E-state index in [4.69, 9.17) is 5.11 Å². The molecule has 112 valence electrons. The van der Waals surface area contributed by atoms with E-state index in [1.165, 1.54) is 23.5 Å². The van der Waals surface area contributed by atoms with Gasteiger partial charge in [0, 0.05) is 20.1 Å². The second kappa shape index (κ2) is 6.83. The normalized spacial score (nSPS) is 12.1. The molecule has 0 saturated heterocycles. The second-order valence-electron chi connectivity index (χ2n) is 4.89. The molecule has 0 amide bonds. The molecule has 0 radical (unpaired) electrons. The number of carbonyl (C=O) groups is 1. The maximum Gasteiger partial charge on any atom is 0.335 e. The summed E-state index contributed by atoms with van der Waals surface area (Å²) in [5, 5.41) is 8.90. The number of hydrogen-bond acceptors (Lipinski definition) is 4. The van der Waals surface area contributed by atoms with Crippen molar-refractivity contribution in [2.45, 2.75) is 5.75 Å². The summed E-state index contributed by atoms with van der Waals surface area (Å²) < 4.78 is 25.6. The molecule has 20 heavy (non-hydrogen) atoms. The van der Waals surface area contributed by atoms with Crippen LogP contribution in [-0.4, -0.2) is 62.9 Å². The van der Waals surface area contributed by atoms with Gasteiger partial charge in [0.15, 0.2) is 0 Å². The molecule has 1 aromatic carbocycles. The van der Waals surface area contributed by atoms with Gasteiger partial charge in [-0.05, 0) is 31.8 Å². The number of hydrogen-bond donors (Lipinski definition) is 1. The van der Waals surface area contributed by atoms with Gasteiger partial charge in [0.1, 0.15) is 0 Å². The minimum Gasteiger partial charge on any atom is -0.478 e. The Morgan fingerprint density at radius 2 is 1.85 bits per heavy atom. The minimum absolute atomic E-state index is 0.0913. The predicted octanol–water partition coefficient (Wildman–Crippen LogP) is 0.708. The molecule has 1 N–H and O–H groups in total. The van der Waals surface area contributed by atoms with E-state index in [2.05, 4.69) is 0 Å². The third-order valence-electron chi connectivity index (χ3n) is 2.86. The zero-order chi connectivity index (χ0) is 15.3. The zero-order valence-corrected chi connectivity index (χ0v) is 12.7. The quantitative estimate of drug-likeness (QED) is 0.802. The van der Waals surface area contributed by atoms with E-state index in [1.807, 2.05) is 19.0 Å². The molecule has 7 heteroatoms. The van der Waals surface area contributed by atoms with Crippen LogP contribution in [0.1, 0.15) is 15.9 Å². The first-order valence-electron chi connectivity index (χ1n) is 6.13. The van der Waals surface area contributed by atoms with E-state index in [9.17, 15) is 13.2 Å². The zero-order valence-electron chi connectivity index (χ0n) is 11.9. The summed E-state index contributed by atoms with van der Waals surface area (Å²) >= 11 is 0. The number of nitrogens with zero attached hydrogens (tertiary/aromatic N) is 2. The number of benzene rings is 1. The van der Waals surface area contributed by atoms with Crippen LogP contribution in [0.25, 0.3) is 0 Å². The average Bonchev–Trinajstić information content (AvgIpc) is 2.35. The van der Waals surface area contributed by atoms with Crippen LogP contribution in [0.15, 0.2) is 24.3 Å². The van der Waals surface area contributed by atoms with E-state index < -0.39 is 16.0 Å². The Balaban J connectivity index is 2.80. The lowest BCUT2D eigenvalue weighted by Crippen LogP contribution is -2.34. The molecule has 1 rings (SSSR count). The van der Waals surface area contributed by atoms with Crippen molar-refractivity contribution in [2.75, 3.05) is 34.2 Å². The third kappa shape index (κ3) is 4.92. The lowest BCUT2D eigenvalue weighted by Gasteiger charge is -2.19. The van der Waals surface area contributed by atoms with E-state index in [1.54, 1.807) is 12.1 Å². The van der Waals surface area contributed by atoms with Crippen LogP contribution in [0.4, 0.5) is 0 Å². The van der Waals surface area contributed by atoms with Gasteiger partial charge in [-0.3, -0.25) is 0 Å². The molecule has 0 aliphatic heterocycles. The van der Waals surface area contributed by atoms with Gasteiger partial charge in [-0.1, -0.05) is 12.1 Å². The van der Waals surface area contributed by atoms with Gasteiger partial charge < -0.3 is 10.0 Å². The molecule has 0 unspecified atom stereocenters. The summed E-state index contributed by atoms with van der Waals surface area (Å²) in [6.07, 6.45) is 0. The topological polar surface area (TPSA) is 77.9 Å². The second-order valence-corrected chi connectivity index (χ2v) is 6.96. The fourth-order valence-corrected chi connectivity index (χ4v) is 2.78. The van der Waals surface area contributed by atoms with Crippen molar-refractivity contribution in [3.8, 4) is 0 Å². The first-order valence-corrected chi connectivity index (χ1v) is 7.74. The SMILES string of the molecule is CN(C)CCN(C)S(=O)(=O)Cc1cccc(C(=O)O)c1. The summed E-state index contributed by atoms with van der Waals surface area (Å²) in [7, 11) is 1.83. The molecule has 1 aromatic rings. The summed E-state index contributed by atoms with van der Waals surface area (Å²) in [5.74, 6) is -1.26.